The van der Waals surface area contributed by atoms with E-state index in [-0.39, 0.29) is 12.1 Å². The van der Waals surface area contributed by atoms with Crippen molar-refractivity contribution in [2.75, 3.05) is 10.3 Å². The lowest BCUT2D eigenvalue weighted by atomic mass is 10.1. The molecule has 2 amide bonds. The van der Waals surface area contributed by atoms with Gasteiger partial charge in [-0.15, -0.1) is 0 Å². The normalized spacial score (nSPS) is 15.9. The number of unbranched alkanes of at least 4 members (excludes halogenated alkanes) is 1. The molecule has 4 N–H and O–H groups in total. The summed E-state index contributed by atoms with van der Waals surface area (Å²) in [4.78, 5) is 32.5. The number of primary amides is 1. The number of hydrogen-bond acceptors (Lipinski definition) is 5. The number of benzene rings is 2. The topological polar surface area (TPSA) is 116 Å². The summed E-state index contributed by atoms with van der Waals surface area (Å²) in [7, 11) is 0. The number of hydrazone groups is 1. The number of carbonyl (C=O) groups excluding carboxylic acids is 2. The Morgan fingerprint density at radius 1 is 1.26 bits per heavy atom. The summed E-state index contributed by atoms with van der Waals surface area (Å²) < 4.78 is 13.2. The molecule has 1 aromatic heterocycles. The van der Waals surface area contributed by atoms with Crippen LogP contribution in [0.25, 0.3) is 11.0 Å². The quantitative estimate of drug-likeness (QED) is 0.542. The van der Waals surface area contributed by atoms with Crippen LogP contribution in [0.15, 0.2) is 47.6 Å². The molecule has 2 aromatic carbocycles. The van der Waals surface area contributed by atoms with E-state index >= 15 is 0 Å². The highest BCUT2D eigenvalue weighted by Gasteiger charge is 2.35. The zero-order valence-corrected chi connectivity index (χ0v) is 17.1. The highest BCUT2D eigenvalue weighted by molar-refractivity contribution is 6.44. The zero-order chi connectivity index (χ0) is 22.0. The Labute approximate surface area is 178 Å². The Morgan fingerprint density at radius 3 is 2.74 bits per heavy atom. The molecule has 1 aliphatic rings. The van der Waals surface area contributed by atoms with Gasteiger partial charge in [0.05, 0.1) is 16.7 Å². The minimum Gasteiger partial charge on any atom is -0.368 e. The smallest absolute Gasteiger partial charge is 0.271 e. The van der Waals surface area contributed by atoms with Crippen LogP contribution in [-0.2, 0) is 16.0 Å². The first-order valence-corrected chi connectivity index (χ1v) is 10.2. The van der Waals surface area contributed by atoms with Crippen molar-refractivity contribution >= 4 is 39.9 Å². The van der Waals surface area contributed by atoms with Crippen molar-refractivity contribution in [2.24, 2.45) is 10.8 Å². The number of aromatic amines is 1. The number of halogens is 1. The molecule has 2 heterocycles. The third-order valence-corrected chi connectivity index (χ3v) is 5.15. The van der Waals surface area contributed by atoms with E-state index in [1.165, 1.54) is 29.3 Å². The maximum atomic E-state index is 13.2. The molecule has 8 nitrogen and oxygen atoms in total. The first-order chi connectivity index (χ1) is 14.9. The van der Waals surface area contributed by atoms with E-state index in [0.717, 1.165) is 36.1 Å². The molecule has 0 saturated carbocycles. The SMILES string of the molecule is CCCCc1nc2ccc(NC(=O)C3=NN(c4ccc(F)cc4)C(C(N)=O)C3)cc2[nH]1. The van der Waals surface area contributed by atoms with Crippen LogP contribution in [0.2, 0.25) is 0 Å². The van der Waals surface area contributed by atoms with Gasteiger partial charge in [-0.2, -0.15) is 5.10 Å². The van der Waals surface area contributed by atoms with E-state index in [2.05, 4.69) is 27.3 Å². The molecule has 4 rings (SSSR count). The number of nitrogens with one attached hydrogen (secondary N) is 2. The van der Waals surface area contributed by atoms with E-state index < -0.39 is 23.7 Å². The summed E-state index contributed by atoms with van der Waals surface area (Å²) >= 11 is 0. The number of aryl methyl sites for hydroxylation is 1. The van der Waals surface area contributed by atoms with Crippen molar-refractivity contribution in [3.05, 3.63) is 54.1 Å². The number of nitrogens with two attached hydrogens (primary N) is 1. The van der Waals surface area contributed by atoms with Gasteiger partial charge in [-0.05, 0) is 48.9 Å². The summed E-state index contributed by atoms with van der Waals surface area (Å²) in [6, 6.07) is 10.1. The predicted octanol–water partition coefficient (Wildman–Crippen LogP) is 3.10. The number of fused-ring (bicyclic) bond motifs is 1. The highest BCUT2D eigenvalue weighted by Crippen LogP contribution is 2.26. The largest absolute Gasteiger partial charge is 0.368 e. The molecule has 0 radical (unpaired) electrons. The Balaban J connectivity index is 1.52. The van der Waals surface area contributed by atoms with Crippen LogP contribution in [-0.4, -0.2) is 33.5 Å². The molecular weight excluding hydrogens is 399 g/mol. The lowest BCUT2D eigenvalue weighted by molar-refractivity contribution is -0.119. The van der Waals surface area contributed by atoms with Crippen molar-refractivity contribution in [1.82, 2.24) is 9.97 Å². The van der Waals surface area contributed by atoms with Crippen LogP contribution in [0.1, 0.15) is 32.0 Å². The fraction of sp³-hybridized carbons (Fsp3) is 0.273. The van der Waals surface area contributed by atoms with Gasteiger partial charge in [0.15, 0.2) is 0 Å². The fourth-order valence-electron chi connectivity index (χ4n) is 3.51. The Bertz CT molecular complexity index is 1150. The van der Waals surface area contributed by atoms with Crippen LogP contribution in [0, 0.1) is 5.82 Å². The molecular formula is C22H23FN6O2. The number of imidazole rings is 1. The van der Waals surface area contributed by atoms with Gasteiger partial charge in [-0.1, -0.05) is 13.3 Å². The second-order valence-corrected chi connectivity index (χ2v) is 7.46. The monoisotopic (exact) mass is 422 g/mol. The van der Waals surface area contributed by atoms with Crippen molar-refractivity contribution in [1.29, 1.82) is 0 Å². The molecule has 0 saturated heterocycles. The van der Waals surface area contributed by atoms with E-state index in [0.29, 0.717) is 11.4 Å². The third kappa shape index (κ3) is 4.40. The molecule has 160 valence electrons. The Morgan fingerprint density at radius 2 is 2.03 bits per heavy atom. The van der Waals surface area contributed by atoms with Crippen molar-refractivity contribution in [3.63, 3.8) is 0 Å². The van der Waals surface area contributed by atoms with Crippen LogP contribution < -0.4 is 16.1 Å². The van der Waals surface area contributed by atoms with E-state index in [4.69, 9.17) is 5.73 Å². The molecule has 1 unspecified atom stereocenters. The van der Waals surface area contributed by atoms with E-state index in [9.17, 15) is 14.0 Å². The van der Waals surface area contributed by atoms with Gasteiger partial charge in [-0.3, -0.25) is 14.6 Å². The molecule has 0 bridgehead atoms. The van der Waals surface area contributed by atoms with Crippen molar-refractivity contribution in [2.45, 2.75) is 38.6 Å². The average molecular weight is 422 g/mol. The average Bonchev–Trinajstić information content (AvgIpc) is 3.37. The van der Waals surface area contributed by atoms with Gasteiger partial charge in [0.25, 0.3) is 5.91 Å². The molecule has 1 atom stereocenters. The number of amides is 2. The number of anilines is 2. The standard InChI is InChI=1S/C22H23FN6O2/c1-2-3-4-20-26-16-10-7-14(11-17(16)27-20)25-22(31)18-12-19(21(24)30)29(28-18)15-8-5-13(23)6-9-15/h5-11,19H,2-4,12H2,1H3,(H2,24,30)(H,25,31)(H,26,27). The first kappa shape index (κ1) is 20.5. The summed E-state index contributed by atoms with van der Waals surface area (Å²) in [6.07, 6.45) is 3.07. The second kappa shape index (κ2) is 8.55. The summed E-state index contributed by atoms with van der Waals surface area (Å²) in [5.41, 5.74) is 8.40. The first-order valence-electron chi connectivity index (χ1n) is 10.2. The molecule has 3 aromatic rings. The number of aromatic nitrogens is 2. The van der Waals surface area contributed by atoms with Crippen LogP contribution in [0.5, 0.6) is 0 Å². The number of nitrogens with zero attached hydrogens (tertiary/aromatic N) is 3. The Kier molecular flexibility index (Phi) is 5.66. The zero-order valence-electron chi connectivity index (χ0n) is 17.1. The predicted molar refractivity (Wildman–Crippen MR) is 117 cm³/mol. The van der Waals surface area contributed by atoms with E-state index in [1.807, 2.05) is 12.1 Å². The maximum absolute atomic E-state index is 13.2. The van der Waals surface area contributed by atoms with Crippen molar-refractivity contribution in [3.8, 4) is 0 Å². The fourth-order valence-corrected chi connectivity index (χ4v) is 3.51. The minimum absolute atomic E-state index is 0.0615. The van der Waals surface area contributed by atoms with Crippen LogP contribution >= 0.6 is 0 Å². The van der Waals surface area contributed by atoms with Crippen LogP contribution in [0.4, 0.5) is 15.8 Å². The summed E-state index contributed by atoms with van der Waals surface area (Å²) in [6.45, 7) is 2.13. The molecule has 1 aliphatic heterocycles. The second-order valence-electron chi connectivity index (χ2n) is 7.46. The van der Waals surface area contributed by atoms with Gasteiger partial charge < -0.3 is 16.0 Å². The van der Waals surface area contributed by atoms with Crippen LogP contribution in [0.3, 0.4) is 0 Å². The highest BCUT2D eigenvalue weighted by atomic mass is 19.1. The molecule has 0 fully saturated rings. The number of H-pyrrole nitrogens is 1. The third-order valence-electron chi connectivity index (χ3n) is 5.15. The number of rotatable bonds is 7. The lowest BCUT2D eigenvalue weighted by Crippen LogP contribution is -2.39. The van der Waals surface area contributed by atoms with Crippen molar-refractivity contribution < 1.29 is 14.0 Å². The minimum atomic E-state index is -0.817. The number of hydrogen-bond donors (Lipinski definition) is 3. The summed E-state index contributed by atoms with van der Waals surface area (Å²) in [5.74, 6) is -0.539. The Hall–Kier alpha value is -3.75. The molecule has 31 heavy (non-hydrogen) atoms. The van der Waals surface area contributed by atoms with Gasteiger partial charge in [0.2, 0.25) is 5.91 Å². The number of carbonyl (C=O) groups is 2. The van der Waals surface area contributed by atoms with Gasteiger partial charge >= 0.3 is 0 Å². The molecule has 0 spiro atoms. The van der Waals surface area contributed by atoms with E-state index in [1.54, 1.807) is 6.07 Å². The maximum Gasteiger partial charge on any atom is 0.271 e. The molecule has 9 heteroatoms. The van der Waals surface area contributed by atoms with Gasteiger partial charge in [-0.25, -0.2) is 9.37 Å². The lowest BCUT2D eigenvalue weighted by Gasteiger charge is -2.20. The van der Waals surface area contributed by atoms with Gasteiger partial charge in [0, 0.05) is 18.5 Å². The molecule has 0 aliphatic carbocycles. The summed E-state index contributed by atoms with van der Waals surface area (Å²) in [5, 5.41) is 8.45. The van der Waals surface area contributed by atoms with Gasteiger partial charge in [0.1, 0.15) is 23.4 Å².